The van der Waals surface area contributed by atoms with Crippen molar-refractivity contribution in [3.05, 3.63) is 11.8 Å². The van der Waals surface area contributed by atoms with Crippen LogP contribution in [0, 0.1) is 0 Å². The van der Waals surface area contributed by atoms with Gasteiger partial charge in [0.25, 0.3) is 5.91 Å². The summed E-state index contributed by atoms with van der Waals surface area (Å²) in [6, 6.07) is 0.383. The molecular weight excluding hydrogens is 286 g/mol. The number of nitrogens with zero attached hydrogens (tertiary/aromatic N) is 2. The normalized spacial score (nSPS) is 25.3. The Kier molecular flexibility index (Phi) is 4.39. The lowest BCUT2D eigenvalue weighted by Crippen LogP contribution is -2.41. The number of amides is 1. The minimum atomic E-state index is -0.560. The van der Waals surface area contributed by atoms with Gasteiger partial charge in [-0.05, 0) is 25.7 Å². The molecule has 2 fully saturated rings. The number of primary amides is 1. The zero-order valence-corrected chi connectivity index (χ0v) is 12.3. The highest BCUT2D eigenvalue weighted by atomic mass is 16.5. The zero-order chi connectivity index (χ0) is 15.5. The summed E-state index contributed by atoms with van der Waals surface area (Å²) >= 11 is 0. The Morgan fingerprint density at radius 2 is 1.95 bits per heavy atom. The quantitative estimate of drug-likeness (QED) is 0.608. The van der Waals surface area contributed by atoms with Crippen molar-refractivity contribution in [1.82, 2.24) is 9.97 Å². The molecule has 3 rings (SSSR count). The van der Waals surface area contributed by atoms with Gasteiger partial charge in [0.2, 0.25) is 5.95 Å². The van der Waals surface area contributed by atoms with Crippen LogP contribution in [-0.2, 0) is 4.74 Å². The molecule has 22 heavy (non-hydrogen) atoms. The summed E-state index contributed by atoms with van der Waals surface area (Å²) in [4.78, 5) is 20.0. The highest BCUT2D eigenvalue weighted by molar-refractivity contribution is 5.97. The number of nitrogens with one attached hydrogen (secondary N) is 2. The van der Waals surface area contributed by atoms with Crippen LogP contribution in [0.4, 0.5) is 11.8 Å². The predicted octanol–water partition coefficient (Wildman–Crippen LogP) is 0.102. The first-order valence-corrected chi connectivity index (χ1v) is 7.57. The Labute approximate surface area is 128 Å². The Hall–Kier alpha value is -1.93. The van der Waals surface area contributed by atoms with Gasteiger partial charge in [0, 0.05) is 12.2 Å². The van der Waals surface area contributed by atoms with E-state index in [0.29, 0.717) is 25.0 Å². The van der Waals surface area contributed by atoms with Crippen LogP contribution in [0.25, 0.3) is 0 Å². The fourth-order valence-corrected chi connectivity index (χ4v) is 2.66. The number of nitrogens with two attached hydrogens (primary N) is 1. The summed E-state index contributed by atoms with van der Waals surface area (Å²) in [6.07, 6.45) is 4.55. The first kappa shape index (κ1) is 15.0. The molecule has 0 bridgehead atoms. The van der Waals surface area contributed by atoms with Crippen molar-refractivity contribution in [2.24, 2.45) is 5.73 Å². The largest absolute Gasteiger partial charge is 0.393 e. The zero-order valence-electron chi connectivity index (χ0n) is 12.3. The molecule has 0 spiro atoms. The maximum atomic E-state index is 11.5. The standard InChI is InChI=1S/C14H21N5O3/c15-12(21)11-5-16-14(18-8-1-3-10(20)4-2-8)19-13(11)17-9-6-22-7-9/h5,8-10,20H,1-4,6-7H2,(H2,15,21)(H2,16,17,18,19)/t8-,10-. The second-order valence-electron chi connectivity index (χ2n) is 5.85. The van der Waals surface area contributed by atoms with E-state index in [1.165, 1.54) is 6.20 Å². The lowest BCUT2D eigenvalue weighted by atomic mass is 9.93. The molecule has 8 heteroatoms. The highest BCUT2D eigenvalue weighted by Crippen LogP contribution is 2.22. The molecule has 2 heterocycles. The predicted molar refractivity (Wildman–Crippen MR) is 80.7 cm³/mol. The molecule has 1 aliphatic heterocycles. The number of carbonyl (C=O) groups is 1. The van der Waals surface area contributed by atoms with Crippen LogP contribution in [0.1, 0.15) is 36.0 Å². The van der Waals surface area contributed by atoms with E-state index in [4.69, 9.17) is 10.5 Å². The maximum Gasteiger partial charge on any atom is 0.254 e. The van der Waals surface area contributed by atoms with Crippen LogP contribution in [0.5, 0.6) is 0 Å². The fraction of sp³-hybridized carbons (Fsp3) is 0.643. The number of aliphatic hydroxyl groups excluding tert-OH is 1. The number of anilines is 2. The van der Waals surface area contributed by atoms with Gasteiger partial charge >= 0.3 is 0 Å². The number of ether oxygens (including phenoxy) is 1. The van der Waals surface area contributed by atoms with Gasteiger partial charge in [-0.2, -0.15) is 4.98 Å². The molecule has 0 radical (unpaired) electrons. The third-order valence-corrected chi connectivity index (χ3v) is 4.06. The Morgan fingerprint density at radius 1 is 1.23 bits per heavy atom. The first-order valence-electron chi connectivity index (χ1n) is 7.57. The van der Waals surface area contributed by atoms with Crippen molar-refractivity contribution in [3.8, 4) is 0 Å². The number of hydrogen-bond acceptors (Lipinski definition) is 7. The molecule has 0 atom stereocenters. The lowest BCUT2D eigenvalue weighted by Gasteiger charge is -2.28. The van der Waals surface area contributed by atoms with E-state index in [0.717, 1.165) is 25.7 Å². The molecule has 1 amide bonds. The van der Waals surface area contributed by atoms with Crippen molar-refractivity contribution < 1.29 is 14.6 Å². The molecule has 5 N–H and O–H groups in total. The third-order valence-electron chi connectivity index (χ3n) is 4.06. The second-order valence-corrected chi connectivity index (χ2v) is 5.85. The molecule has 1 aliphatic carbocycles. The summed E-state index contributed by atoms with van der Waals surface area (Å²) in [6.45, 7) is 1.18. The summed E-state index contributed by atoms with van der Waals surface area (Å²) in [7, 11) is 0. The van der Waals surface area contributed by atoms with Crippen LogP contribution in [0.15, 0.2) is 6.20 Å². The molecule has 1 aromatic rings. The van der Waals surface area contributed by atoms with Crippen LogP contribution in [0.2, 0.25) is 0 Å². The molecule has 0 unspecified atom stereocenters. The van der Waals surface area contributed by atoms with Crippen LogP contribution >= 0.6 is 0 Å². The van der Waals surface area contributed by atoms with Gasteiger partial charge < -0.3 is 26.2 Å². The third kappa shape index (κ3) is 3.45. The SMILES string of the molecule is NC(=O)c1cnc(N[C@H]2CC[C@H](O)CC2)nc1NC1COC1. The van der Waals surface area contributed by atoms with Crippen LogP contribution in [0.3, 0.4) is 0 Å². The van der Waals surface area contributed by atoms with E-state index in [9.17, 15) is 9.90 Å². The average molecular weight is 307 g/mol. The van der Waals surface area contributed by atoms with E-state index in [1.807, 2.05) is 0 Å². The van der Waals surface area contributed by atoms with E-state index in [2.05, 4.69) is 20.6 Å². The van der Waals surface area contributed by atoms with E-state index < -0.39 is 5.91 Å². The van der Waals surface area contributed by atoms with Crippen LogP contribution < -0.4 is 16.4 Å². The maximum absolute atomic E-state index is 11.5. The van der Waals surface area contributed by atoms with Crippen molar-refractivity contribution in [2.45, 2.75) is 43.9 Å². The molecule has 8 nitrogen and oxygen atoms in total. The van der Waals surface area contributed by atoms with Crippen molar-refractivity contribution >= 4 is 17.7 Å². The van der Waals surface area contributed by atoms with Crippen LogP contribution in [-0.4, -0.2) is 52.4 Å². The van der Waals surface area contributed by atoms with E-state index in [-0.39, 0.29) is 23.8 Å². The topological polar surface area (TPSA) is 122 Å². The molecule has 1 saturated heterocycles. The second kappa shape index (κ2) is 6.45. The minimum Gasteiger partial charge on any atom is -0.393 e. The van der Waals surface area contributed by atoms with Crippen molar-refractivity contribution in [1.29, 1.82) is 0 Å². The number of rotatable bonds is 5. The monoisotopic (exact) mass is 307 g/mol. The molecular formula is C14H21N5O3. The molecule has 120 valence electrons. The van der Waals surface area contributed by atoms with E-state index in [1.54, 1.807) is 0 Å². The summed E-state index contributed by atoms with van der Waals surface area (Å²) < 4.78 is 5.11. The fourth-order valence-electron chi connectivity index (χ4n) is 2.66. The molecule has 1 aromatic heterocycles. The van der Waals surface area contributed by atoms with Crippen molar-refractivity contribution in [2.75, 3.05) is 23.8 Å². The molecule has 2 aliphatic rings. The number of carbonyl (C=O) groups excluding carboxylic acids is 1. The summed E-state index contributed by atoms with van der Waals surface area (Å²) in [5.74, 6) is 0.346. The summed E-state index contributed by atoms with van der Waals surface area (Å²) in [5.41, 5.74) is 5.64. The smallest absolute Gasteiger partial charge is 0.254 e. The van der Waals surface area contributed by atoms with Gasteiger partial charge in [-0.25, -0.2) is 4.98 Å². The van der Waals surface area contributed by atoms with Gasteiger partial charge in [-0.3, -0.25) is 4.79 Å². The average Bonchev–Trinajstić information content (AvgIpc) is 2.45. The van der Waals surface area contributed by atoms with Gasteiger partial charge in [0.05, 0.1) is 30.9 Å². The Balaban J connectivity index is 1.71. The van der Waals surface area contributed by atoms with Gasteiger partial charge in [0.1, 0.15) is 5.82 Å². The van der Waals surface area contributed by atoms with Gasteiger partial charge in [0.15, 0.2) is 0 Å². The number of aromatic nitrogens is 2. The Bertz CT molecular complexity index is 541. The van der Waals surface area contributed by atoms with Gasteiger partial charge in [-0.1, -0.05) is 0 Å². The number of aliphatic hydroxyl groups is 1. The highest BCUT2D eigenvalue weighted by Gasteiger charge is 2.23. The van der Waals surface area contributed by atoms with Gasteiger partial charge in [-0.15, -0.1) is 0 Å². The first-order chi connectivity index (χ1) is 10.6. The Morgan fingerprint density at radius 3 is 2.55 bits per heavy atom. The minimum absolute atomic E-state index is 0.144. The molecule has 1 saturated carbocycles. The number of hydrogen-bond donors (Lipinski definition) is 4. The van der Waals surface area contributed by atoms with E-state index >= 15 is 0 Å². The lowest BCUT2D eigenvalue weighted by molar-refractivity contribution is 0.0209. The molecule has 0 aromatic carbocycles. The summed E-state index contributed by atoms with van der Waals surface area (Å²) in [5, 5.41) is 16.0. The van der Waals surface area contributed by atoms with Crippen molar-refractivity contribution in [3.63, 3.8) is 0 Å².